The van der Waals surface area contributed by atoms with E-state index < -0.39 is 5.72 Å². The van der Waals surface area contributed by atoms with Crippen molar-refractivity contribution in [3.05, 3.63) is 77.0 Å². The Kier molecular flexibility index (Phi) is 3.38. The molecule has 0 amide bonds. The predicted octanol–water partition coefficient (Wildman–Crippen LogP) is 3.53. The average molecular weight is 326 g/mol. The monoisotopic (exact) mass is 325 g/mol. The second kappa shape index (κ2) is 5.43. The molecule has 2 aromatic carbocycles. The van der Waals surface area contributed by atoms with Crippen LogP contribution in [0.2, 0.25) is 0 Å². The van der Waals surface area contributed by atoms with Gasteiger partial charge in [0.15, 0.2) is 0 Å². The third-order valence-corrected chi connectivity index (χ3v) is 4.89. The normalized spacial score (nSPS) is 24.3. The zero-order valence-corrected chi connectivity index (χ0v) is 13.3. The number of hydrogen-bond donors (Lipinski definition) is 0. The molecule has 4 rings (SSSR count). The average Bonchev–Trinajstić information content (AvgIpc) is 2.88. The number of carbonyl (C=O) groups excluding carboxylic acids is 1. The molecule has 2 aliphatic heterocycles. The Labute approximate surface area is 140 Å². The topological polar surface area (TPSA) is 29.5 Å². The Morgan fingerprint density at radius 3 is 2.65 bits per heavy atom. The van der Waals surface area contributed by atoms with E-state index in [9.17, 15) is 4.79 Å². The zero-order valence-electron chi connectivity index (χ0n) is 12.5. The molecule has 0 saturated carbocycles. The molecule has 1 atom stereocenters. The number of halogens is 1. The van der Waals surface area contributed by atoms with E-state index in [2.05, 4.69) is 6.07 Å². The van der Waals surface area contributed by atoms with Gasteiger partial charge in [0.1, 0.15) is 5.70 Å². The van der Waals surface area contributed by atoms with Crippen molar-refractivity contribution in [2.45, 2.75) is 12.1 Å². The van der Waals surface area contributed by atoms with E-state index in [0.29, 0.717) is 12.2 Å². The van der Waals surface area contributed by atoms with Crippen LogP contribution in [0.3, 0.4) is 0 Å². The summed E-state index contributed by atoms with van der Waals surface area (Å²) in [6, 6.07) is 17.8. The molecule has 0 N–H and O–H groups in total. The zero-order chi connectivity index (χ0) is 15.9. The molecule has 0 bridgehead atoms. The smallest absolute Gasteiger partial charge is 0.357 e. The third-order valence-electron chi connectivity index (χ3n) is 4.52. The van der Waals surface area contributed by atoms with E-state index in [4.69, 9.17) is 16.3 Å². The summed E-state index contributed by atoms with van der Waals surface area (Å²) in [5.74, 6) is -0.103. The molecule has 1 fully saturated rings. The van der Waals surface area contributed by atoms with Gasteiger partial charge in [-0.05, 0) is 23.6 Å². The summed E-state index contributed by atoms with van der Waals surface area (Å²) in [4.78, 5) is 14.5. The first-order chi connectivity index (χ1) is 11.2. The molecule has 116 valence electrons. The van der Waals surface area contributed by atoms with Crippen molar-refractivity contribution in [3.8, 4) is 0 Å². The van der Waals surface area contributed by atoms with Crippen LogP contribution in [0.1, 0.15) is 16.7 Å². The first-order valence-electron chi connectivity index (χ1n) is 7.67. The van der Waals surface area contributed by atoms with Crippen molar-refractivity contribution in [2.24, 2.45) is 0 Å². The summed E-state index contributed by atoms with van der Waals surface area (Å²) in [5, 5.41) is 0. The van der Waals surface area contributed by atoms with E-state index in [0.717, 1.165) is 17.5 Å². The van der Waals surface area contributed by atoms with Crippen LogP contribution in [0.25, 0.3) is 6.08 Å². The van der Waals surface area contributed by atoms with Gasteiger partial charge in [-0.2, -0.15) is 0 Å². The lowest BCUT2D eigenvalue weighted by atomic mass is 9.90. The number of esters is 1. The van der Waals surface area contributed by atoms with Gasteiger partial charge in [0, 0.05) is 12.1 Å². The lowest BCUT2D eigenvalue weighted by Gasteiger charge is -2.41. The molecule has 23 heavy (non-hydrogen) atoms. The number of fused-ring (bicyclic) bond motifs is 3. The highest BCUT2D eigenvalue weighted by molar-refractivity contribution is 6.19. The van der Waals surface area contributed by atoms with Gasteiger partial charge in [0.2, 0.25) is 5.72 Å². The fourth-order valence-corrected chi connectivity index (χ4v) is 3.78. The highest BCUT2D eigenvalue weighted by Crippen LogP contribution is 2.45. The minimum Gasteiger partial charge on any atom is -0.428 e. The van der Waals surface area contributed by atoms with Gasteiger partial charge in [-0.15, -0.1) is 11.6 Å². The maximum atomic E-state index is 12.5. The number of rotatable bonds is 2. The SMILES string of the molecule is O=C1O[C@@]2(CCl)c3ccccc3CCN2/C1=C\c1ccccc1. The van der Waals surface area contributed by atoms with E-state index in [-0.39, 0.29) is 11.8 Å². The minimum atomic E-state index is -0.881. The van der Waals surface area contributed by atoms with Crippen LogP contribution < -0.4 is 0 Å². The molecule has 2 aromatic rings. The van der Waals surface area contributed by atoms with Crippen molar-refractivity contribution in [1.82, 2.24) is 4.90 Å². The van der Waals surface area contributed by atoms with Gasteiger partial charge in [-0.3, -0.25) is 0 Å². The maximum absolute atomic E-state index is 12.5. The van der Waals surface area contributed by atoms with Gasteiger partial charge < -0.3 is 9.64 Å². The number of alkyl halides is 1. The Bertz CT molecular complexity index is 787. The van der Waals surface area contributed by atoms with Crippen molar-refractivity contribution >= 4 is 23.6 Å². The van der Waals surface area contributed by atoms with Gasteiger partial charge >= 0.3 is 5.97 Å². The highest BCUT2D eigenvalue weighted by Gasteiger charge is 2.53. The van der Waals surface area contributed by atoms with Crippen LogP contribution in [0, 0.1) is 0 Å². The van der Waals surface area contributed by atoms with Crippen LogP contribution in [0.15, 0.2) is 60.3 Å². The van der Waals surface area contributed by atoms with E-state index in [1.807, 2.05) is 59.5 Å². The fourth-order valence-electron chi connectivity index (χ4n) is 3.43. The molecule has 2 aliphatic rings. The van der Waals surface area contributed by atoms with Crippen LogP contribution in [0.4, 0.5) is 0 Å². The van der Waals surface area contributed by atoms with E-state index in [1.165, 1.54) is 5.56 Å². The summed E-state index contributed by atoms with van der Waals surface area (Å²) in [6.07, 6.45) is 2.75. The van der Waals surface area contributed by atoms with Crippen LogP contribution in [-0.4, -0.2) is 23.3 Å². The van der Waals surface area contributed by atoms with E-state index >= 15 is 0 Å². The van der Waals surface area contributed by atoms with Crippen molar-refractivity contribution in [2.75, 3.05) is 12.4 Å². The molecule has 1 saturated heterocycles. The first-order valence-corrected chi connectivity index (χ1v) is 8.20. The molecule has 0 aliphatic carbocycles. The second-order valence-corrected chi connectivity index (χ2v) is 6.07. The third kappa shape index (κ3) is 2.15. The Balaban J connectivity index is 1.83. The molecule has 0 aromatic heterocycles. The minimum absolute atomic E-state index is 0.210. The molecular weight excluding hydrogens is 310 g/mol. The summed E-state index contributed by atoms with van der Waals surface area (Å²) in [6.45, 7) is 0.716. The maximum Gasteiger partial charge on any atom is 0.357 e. The molecule has 3 nitrogen and oxygen atoms in total. The number of nitrogens with zero attached hydrogens (tertiary/aromatic N) is 1. The molecule has 0 spiro atoms. The fraction of sp³-hybridized carbons (Fsp3) is 0.211. The summed E-state index contributed by atoms with van der Waals surface area (Å²) < 4.78 is 5.80. The molecule has 2 heterocycles. The van der Waals surface area contributed by atoms with Gasteiger partial charge in [0.25, 0.3) is 0 Å². The van der Waals surface area contributed by atoms with Gasteiger partial charge in [0.05, 0.1) is 5.88 Å². The molecule has 0 unspecified atom stereocenters. The molecular formula is C19H16ClNO2. The van der Waals surface area contributed by atoms with Gasteiger partial charge in [-0.25, -0.2) is 4.79 Å². The molecule has 4 heteroatoms. The van der Waals surface area contributed by atoms with Crippen LogP contribution in [0.5, 0.6) is 0 Å². The Morgan fingerprint density at radius 1 is 1.13 bits per heavy atom. The Hall–Kier alpha value is -2.26. The highest BCUT2D eigenvalue weighted by atomic mass is 35.5. The second-order valence-electron chi connectivity index (χ2n) is 5.81. The number of ether oxygens (including phenoxy) is 1. The molecule has 0 radical (unpaired) electrons. The summed E-state index contributed by atoms with van der Waals surface area (Å²) in [5.41, 5.74) is 2.85. The number of carbonyl (C=O) groups is 1. The lowest BCUT2D eigenvalue weighted by Crippen LogP contribution is -2.48. The number of benzene rings is 2. The largest absolute Gasteiger partial charge is 0.428 e. The standard InChI is InChI=1S/C19H16ClNO2/c20-13-19-16-9-5-4-8-15(16)10-11-21(19)17(18(22)23-19)12-14-6-2-1-3-7-14/h1-9,12H,10-11,13H2/b17-12-/t19-/m0/s1. The first kappa shape index (κ1) is 14.3. The van der Waals surface area contributed by atoms with Crippen molar-refractivity contribution in [3.63, 3.8) is 0 Å². The number of hydrogen-bond acceptors (Lipinski definition) is 3. The lowest BCUT2D eigenvalue weighted by molar-refractivity contribution is -0.152. The van der Waals surface area contributed by atoms with Crippen LogP contribution in [-0.2, 0) is 21.7 Å². The van der Waals surface area contributed by atoms with Crippen molar-refractivity contribution in [1.29, 1.82) is 0 Å². The summed E-state index contributed by atoms with van der Waals surface area (Å²) in [7, 11) is 0. The quantitative estimate of drug-likeness (QED) is 0.480. The summed E-state index contributed by atoms with van der Waals surface area (Å²) >= 11 is 6.29. The van der Waals surface area contributed by atoms with Crippen molar-refractivity contribution < 1.29 is 9.53 Å². The van der Waals surface area contributed by atoms with Gasteiger partial charge in [-0.1, -0.05) is 54.6 Å². The van der Waals surface area contributed by atoms with E-state index in [1.54, 1.807) is 0 Å². The predicted molar refractivity (Wildman–Crippen MR) is 89.8 cm³/mol. The van der Waals surface area contributed by atoms with Crippen LogP contribution >= 0.6 is 11.6 Å². The Morgan fingerprint density at radius 2 is 1.87 bits per heavy atom.